The number of anilines is 1. The summed E-state index contributed by atoms with van der Waals surface area (Å²) in [6.45, 7) is 1.17. The lowest BCUT2D eigenvalue weighted by atomic mass is 10.1. The monoisotopic (exact) mass is 499 g/mol. The second-order valence-corrected chi connectivity index (χ2v) is 8.47. The lowest BCUT2D eigenvalue weighted by Gasteiger charge is -2.17. The summed E-state index contributed by atoms with van der Waals surface area (Å²) in [7, 11) is 0. The minimum Gasteiger partial charge on any atom is -0.464 e. The molecule has 0 aromatic carbocycles. The third kappa shape index (κ3) is 9.65. The number of unbranched alkanes of at least 4 members (excludes halogenated alkanes) is 7. The molecule has 2 rings (SSSR count). The number of esters is 1. The Morgan fingerprint density at radius 1 is 1.09 bits per heavy atom. The van der Waals surface area contributed by atoms with E-state index in [1.54, 1.807) is 0 Å². The zero-order chi connectivity index (χ0) is 25.6. The van der Waals surface area contributed by atoms with Crippen LogP contribution in [0.5, 0.6) is 0 Å². The predicted molar refractivity (Wildman–Crippen MR) is 125 cm³/mol. The summed E-state index contributed by atoms with van der Waals surface area (Å²) in [5.41, 5.74) is -0.844. The summed E-state index contributed by atoms with van der Waals surface area (Å²) < 4.78 is 16.4. The molecule has 12 heteroatoms. The van der Waals surface area contributed by atoms with E-state index in [1.165, 1.54) is 44.4 Å². The van der Waals surface area contributed by atoms with Gasteiger partial charge < -0.3 is 34.8 Å². The molecule has 0 bridgehead atoms. The normalized spacial score (nSPS) is 21.7. The van der Waals surface area contributed by atoms with Crippen molar-refractivity contribution in [3.05, 3.63) is 22.7 Å². The van der Waals surface area contributed by atoms with Gasteiger partial charge in [-0.2, -0.15) is 4.98 Å². The van der Waals surface area contributed by atoms with Gasteiger partial charge in [0.1, 0.15) is 37.3 Å². The van der Waals surface area contributed by atoms with Crippen LogP contribution in [0, 0.1) is 0 Å². The van der Waals surface area contributed by atoms with Crippen molar-refractivity contribution in [3.8, 4) is 0 Å². The summed E-state index contributed by atoms with van der Waals surface area (Å²) >= 11 is 0. The van der Waals surface area contributed by atoms with Crippen molar-refractivity contribution < 1.29 is 39.1 Å². The lowest BCUT2D eigenvalue weighted by molar-refractivity contribution is -0.149. The molecule has 0 unspecified atom stereocenters. The van der Waals surface area contributed by atoms with Gasteiger partial charge in [-0.15, -0.1) is 0 Å². The number of aliphatic hydroxyl groups excluding tert-OH is 3. The molecule has 1 aromatic heterocycles. The van der Waals surface area contributed by atoms with Crippen LogP contribution in [0.15, 0.2) is 17.1 Å². The molecule has 1 aliphatic rings. The molecule has 0 saturated carbocycles. The highest BCUT2D eigenvalue weighted by atomic mass is 16.6. The van der Waals surface area contributed by atoms with E-state index in [1.807, 2.05) is 0 Å². The van der Waals surface area contributed by atoms with E-state index in [2.05, 4.69) is 17.2 Å². The fourth-order valence-corrected chi connectivity index (χ4v) is 3.66. The Balaban J connectivity index is 1.63. The minimum atomic E-state index is -1.43. The molecule has 1 aliphatic heterocycles. The van der Waals surface area contributed by atoms with Crippen molar-refractivity contribution in [1.29, 1.82) is 0 Å². The van der Waals surface area contributed by atoms with E-state index in [4.69, 9.17) is 19.3 Å². The first-order valence-electron chi connectivity index (χ1n) is 12.1. The summed E-state index contributed by atoms with van der Waals surface area (Å²) in [6, 6.07) is 1.30. The summed E-state index contributed by atoms with van der Waals surface area (Å²) in [5.74, 6) is -1.25. The van der Waals surface area contributed by atoms with Crippen LogP contribution < -0.4 is 11.0 Å². The zero-order valence-electron chi connectivity index (χ0n) is 20.1. The Labute approximate surface area is 204 Å². The molecule has 12 nitrogen and oxygen atoms in total. The molecule has 0 radical (unpaired) electrons. The lowest BCUT2D eigenvalue weighted by Crippen LogP contribution is -2.36. The van der Waals surface area contributed by atoms with Crippen molar-refractivity contribution in [2.24, 2.45) is 0 Å². The van der Waals surface area contributed by atoms with Crippen LogP contribution in [0.2, 0.25) is 0 Å². The number of hydrogen-bond donors (Lipinski definition) is 4. The Morgan fingerprint density at radius 2 is 1.77 bits per heavy atom. The molecule has 4 N–H and O–H groups in total. The van der Waals surface area contributed by atoms with Crippen LogP contribution in [0.25, 0.3) is 0 Å². The van der Waals surface area contributed by atoms with Gasteiger partial charge in [0.15, 0.2) is 6.23 Å². The number of carbonyl (C=O) groups is 2. The topological polar surface area (TPSA) is 169 Å². The van der Waals surface area contributed by atoms with Gasteiger partial charge in [0.2, 0.25) is 0 Å². The Kier molecular flexibility index (Phi) is 12.8. The molecule has 1 saturated heterocycles. The highest BCUT2D eigenvalue weighted by molar-refractivity contribution is 5.90. The van der Waals surface area contributed by atoms with E-state index in [0.29, 0.717) is 6.61 Å². The zero-order valence-corrected chi connectivity index (χ0v) is 20.1. The molecule has 1 aromatic rings. The summed E-state index contributed by atoms with van der Waals surface area (Å²) in [6.07, 6.45) is 5.29. The molecule has 1 amide bonds. The fourth-order valence-electron chi connectivity index (χ4n) is 3.66. The van der Waals surface area contributed by atoms with E-state index >= 15 is 0 Å². The number of aromatic nitrogens is 2. The number of rotatable bonds is 16. The van der Waals surface area contributed by atoms with Crippen molar-refractivity contribution in [2.45, 2.75) is 82.8 Å². The summed E-state index contributed by atoms with van der Waals surface area (Å²) in [5, 5.41) is 31.4. The standard InChI is InChI=1S/C23H37N3O9/c1-2-3-4-5-6-7-8-9-12-34-19(29)15-33-14-18(28)24-17-10-11-26(23(32)25-17)22-21(31)20(30)16(13-27)35-22/h10-11,16,20-22,27,30-31H,2-9,12-15H2,1H3,(H,24,25,28,32)/t16-,20-,21+,22-/m1/s1. The average molecular weight is 500 g/mol. The van der Waals surface area contributed by atoms with Crippen LogP contribution in [-0.4, -0.2) is 81.5 Å². The van der Waals surface area contributed by atoms with E-state index in [-0.39, 0.29) is 12.4 Å². The third-order valence-corrected chi connectivity index (χ3v) is 5.60. The maximum absolute atomic E-state index is 12.3. The van der Waals surface area contributed by atoms with E-state index < -0.39 is 55.3 Å². The maximum Gasteiger partial charge on any atom is 0.351 e. The van der Waals surface area contributed by atoms with Crippen molar-refractivity contribution >= 4 is 17.7 Å². The van der Waals surface area contributed by atoms with E-state index in [9.17, 15) is 24.6 Å². The first-order valence-corrected chi connectivity index (χ1v) is 12.1. The molecule has 198 valence electrons. The largest absolute Gasteiger partial charge is 0.464 e. The van der Waals surface area contributed by atoms with Crippen LogP contribution in [0.3, 0.4) is 0 Å². The number of ether oxygens (including phenoxy) is 3. The maximum atomic E-state index is 12.3. The number of amides is 1. The van der Waals surface area contributed by atoms with Crippen LogP contribution in [0.1, 0.15) is 64.5 Å². The summed E-state index contributed by atoms with van der Waals surface area (Å²) in [4.78, 5) is 39.6. The number of hydrogen-bond acceptors (Lipinski definition) is 10. The van der Waals surface area contributed by atoms with Crippen LogP contribution >= 0.6 is 0 Å². The first kappa shape index (κ1) is 28.9. The molecule has 35 heavy (non-hydrogen) atoms. The highest BCUT2D eigenvalue weighted by Gasteiger charge is 2.43. The van der Waals surface area contributed by atoms with Gasteiger partial charge in [0, 0.05) is 6.20 Å². The Morgan fingerprint density at radius 3 is 2.40 bits per heavy atom. The number of nitrogens with zero attached hydrogens (tertiary/aromatic N) is 2. The SMILES string of the molecule is CCCCCCCCCCOC(=O)COCC(=O)Nc1ccn([C@@H]2O[C@H](CO)[C@@H](O)[C@@H]2O)c(=O)n1. The van der Waals surface area contributed by atoms with Gasteiger partial charge in [-0.05, 0) is 12.5 Å². The third-order valence-electron chi connectivity index (χ3n) is 5.60. The first-order chi connectivity index (χ1) is 16.9. The quantitative estimate of drug-likeness (QED) is 0.185. The minimum absolute atomic E-state index is 0.0659. The average Bonchev–Trinajstić information content (AvgIpc) is 3.11. The van der Waals surface area contributed by atoms with Crippen LogP contribution in [-0.2, 0) is 23.8 Å². The molecule has 2 heterocycles. The smallest absolute Gasteiger partial charge is 0.351 e. The number of nitrogens with one attached hydrogen (secondary N) is 1. The molecule has 1 fully saturated rings. The second kappa shape index (κ2) is 15.6. The van der Waals surface area contributed by atoms with Crippen molar-refractivity contribution in [3.63, 3.8) is 0 Å². The number of aliphatic hydroxyl groups is 3. The van der Waals surface area contributed by atoms with Gasteiger partial charge in [-0.3, -0.25) is 9.36 Å². The highest BCUT2D eigenvalue weighted by Crippen LogP contribution is 2.28. The Hall–Kier alpha value is -2.38. The van der Waals surface area contributed by atoms with Gasteiger partial charge in [0.05, 0.1) is 13.2 Å². The van der Waals surface area contributed by atoms with Gasteiger partial charge in [0.25, 0.3) is 5.91 Å². The molecule has 0 spiro atoms. The van der Waals surface area contributed by atoms with Crippen LogP contribution in [0.4, 0.5) is 5.82 Å². The Bertz CT molecular complexity index is 848. The van der Waals surface area contributed by atoms with Crippen molar-refractivity contribution in [2.75, 3.05) is 31.7 Å². The fraction of sp³-hybridized carbons (Fsp3) is 0.739. The van der Waals surface area contributed by atoms with Crippen molar-refractivity contribution in [1.82, 2.24) is 9.55 Å². The molecular formula is C23H37N3O9. The molecule has 4 atom stereocenters. The molecular weight excluding hydrogens is 462 g/mol. The number of carbonyl (C=O) groups excluding carboxylic acids is 2. The second-order valence-electron chi connectivity index (χ2n) is 8.47. The predicted octanol–water partition coefficient (Wildman–Crippen LogP) is 0.494. The van der Waals surface area contributed by atoms with Gasteiger partial charge >= 0.3 is 11.7 Å². The molecule has 0 aliphatic carbocycles. The van der Waals surface area contributed by atoms with Gasteiger partial charge in [-0.25, -0.2) is 9.59 Å². The van der Waals surface area contributed by atoms with E-state index in [0.717, 1.165) is 23.8 Å². The van der Waals surface area contributed by atoms with Gasteiger partial charge in [-0.1, -0.05) is 51.9 Å².